The smallest absolute Gasteiger partial charge is 0.234 e. The van der Waals surface area contributed by atoms with Gasteiger partial charge in [0.15, 0.2) is 0 Å². The first-order valence-electron chi connectivity index (χ1n) is 8.44. The zero-order valence-electron chi connectivity index (χ0n) is 13.9. The summed E-state index contributed by atoms with van der Waals surface area (Å²) < 4.78 is 0. The number of hydrogen-bond acceptors (Lipinski definition) is 1. The van der Waals surface area contributed by atoms with Gasteiger partial charge in [0.2, 0.25) is 5.91 Å². The predicted octanol–water partition coefficient (Wildman–Crippen LogP) is 5.16. The number of hydrogen-bond donors (Lipinski definition) is 1. The summed E-state index contributed by atoms with van der Waals surface area (Å²) in [6.07, 6.45) is 3.03. The van der Waals surface area contributed by atoms with E-state index in [2.05, 4.69) is 43.9 Å². The summed E-state index contributed by atoms with van der Waals surface area (Å²) in [5.41, 5.74) is 1.74. The second kappa shape index (κ2) is 4.70. The van der Waals surface area contributed by atoms with E-state index in [-0.39, 0.29) is 16.7 Å². The number of nitrogens with one attached hydrogen (secondary N) is 1. The number of carbonyl (C=O) groups is 1. The summed E-state index contributed by atoms with van der Waals surface area (Å²) in [4.78, 5) is 13.2. The van der Waals surface area contributed by atoms with Gasteiger partial charge in [-0.2, -0.15) is 0 Å². The third-order valence-corrected chi connectivity index (χ3v) is 6.36. The zero-order valence-corrected chi connectivity index (χ0v) is 13.9. The van der Waals surface area contributed by atoms with Crippen LogP contribution in [0, 0.1) is 16.7 Å². The Balaban J connectivity index is 1.70. The normalized spacial score (nSPS) is 28.3. The lowest BCUT2D eigenvalue weighted by Gasteiger charge is -2.37. The van der Waals surface area contributed by atoms with Crippen LogP contribution in [0.15, 0.2) is 54.6 Å². The second-order valence-electron chi connectivity index (χ2n) is 7.70. The minimum atomic E-state index is -0.370. The van der Waals surface area contributed by atoms with Gasteiger partial charge in [0, 0.05) is 11.1 Å². The molecule has 2 aromatic carbocycles. The first-order chi connectivity index (χ1) is 10.9. The molecular formula is C21H23NO. The van der Waals surface area contributed by atoms with Gasteiger partial charge in [-0.05, 0) is 42.0 Å². The molecule has 2 aliphatic rings. The first kappa shape index (κ1) is 14.5. The summed E-state index contributed by atoms with van der Waals surface area (Å²) in [7, 11) is 0. The van der Waals surface area contributed by atoms with E-state index in [1.54, 1.807) is 0 Å². The van der Waals surface area contributed by atoms with Crippen LogP contribution < -0.4 is 5.32 Å². The van der Waals surface area contributed by atoms with Crippen LogP contribution in [0.4, 0.5) is 5.69 Å². The summed E-state index contributed by atoms with van der Waals surface area (Å²) >= 11 is 0. The van der Waals surface area contributed by atoms with E-state index >= 15 is 0 Å². The van der Waals surface area contributed by atoms with Crippen molar-refractivity contribution in [3.05, 3.63) is 54.6 Å². The van der Waals surface area contributed by atoms with Crippen molar-refractivity contribution in [2.75, 3.05) is 5.32 Å². The van der Waals surface area contributed by atoms with Crippen molar-refractivity contribution in [1.29, 1.82) is 0 Å². The van der Waals surface area contributed by atoms with Crippen LogP contribution in [-0.4, -0.2) is 5.91 Å². The fourth-order valence-electron chi connectivity index (χ4n) is 4.72. The molecule has 2 fully saturated rings. The van der Waals surface area contributed by atoms with Gasteiger partial charge in [0.25, 0.3) is 0 Å². The first-order valence-corrected chi connectivity index (χ1v) is 8.44. The molecule has 0 aliphatic heterocycles. The SMILES string of the molecule is C=C1C(C)(C)[C@H]2CC[C@]1(C(=O)Nc1cccc3ccccc13)C2. The maximum Gasteiger partial charge on any atom is 0.234 e. The molecule has 2 nitrogen and oxygen atoms in total. The van der Waals surface area contributed by atoms with Crippen LogP contribution in [0.5, 0.6) is 0 Å². The van der Waals surface area contributed by atoms with Gasteiger partial charge in [-0.15, -0.1) is 0 Å². The molecular weight excluding hydrogens is 282 g/mol. The van der Waals surface area contributed by atoms with Crippen LogP contribution in [0.2, 0.25) is 0 Å². The molecule has 2 heteroatoms. The van der Waals surface area contributed by atoms with Crippen LogP contribution in [0.25, 0.3) is 10.8 Å². The van der Waals surface area contributed by atoms with Crippen molar-refractivity contribution in [2.24, 2.45) is 16.7 Å². The highest BCUT2D eigenvalue weighted by Crippen LogP contribution is 2.65. The molecule has 2 atom stereocenters. The topological polar surface area (TPSA) is 29.1 Å². The lowest BCUT2D eigenvalue weighted by atomic mass is 9.68. The molecule has 1 N–H and O–H groups in total. The van der Waals surface area contributed by atoms with Gasteiger partial charge in [0.05, 0.1) is 5.41 Å². The summed E-state index contributed by atoms with van der Waals surface area (Å²) in [6.45, 7) is 8.81. The van der Waals surface area contributed by atoms with E-state index in [4.69, 9.17) is 0 Å². The molecule has 118 valence electrons. The third-order valence-electron chi connectivity index (χ3n) is 6.36. The van der Waals surface area contributed by atoms with Crippen LogP contribution in [0.3, 0.4) is 0 Å². The maximum atomic E-state index is 13.2. The standard InChI is InChI=1S/C21H23NO/c1-14-20(2,3)16-11-12-21(14,13-16)19(23)22-18-10-6-8-15-7-4-5-9-17(15)18/h4-10,16H,1,11-13H2,2-3H3,(H,22,23)/t16-,21-/m0/s1. The van der Waals surface area contributed by atoms with Gasteiger partial charge < -0.3 is 5.32 Å². The molecule has 2 saturated carbocycles. The lowest BCUT2D eigenvalue weighted by molar-refractivity contribution is -0.123. The van der Waals surface area contributed by atoms with E-state index < -0.39 is 0 Å². The van der Waals surface area contributed by atoms with Crippen molar-refractivity contribution in [3.8, 4) is 0 Å². The number of fused-ring (bicyclic) bond motifs is 3. The number of rotatable bonds is 2. The number of benzene rings is 2. The fraction of sp³-hybridized carbons (Fsp3) is 0.381. The lowest BCUT2D eigenvalue weighted by Crippen LogP contribution is -2.37. The zero-order chi connectivity index (χ0) is 16.2. The van der Waals surface area contributed by atoms with Crippen molar-refractivity contribution < 1.29 is 4.79 Å². The van der Waals surface area contributed by atoms with Crippen LogP contribution in [0.1, 0.15) is 33.1 Å². The Labute approximate surface area is 137 Å². The molecule has 0 aromatic heterocycles. The maximum absolute atomic E-state index is 13.2. The van der Waals surface area contributed by atoms with Crippen LogP contribution in [-0.2, 0) is 4.79 Å². The number of carbonyl (C=O) groups excluding carboxylic acids is 1. The van der Waals surface area contributed by atoms with E-state index in [0.29, 0.717) is 5.92 Å². The molecule has 23 heavy (non-hydrogen) atoms. The third kappa shape index (κ3) is 1.90. The Kier molecular flexibility index (Phi) is 2.96. The van der Waals surface area contributed by atoms with Crippen molar-refractivity contribution in [1.82, 2.24) is 0 Å². The second-order valence-corrected chi connectivity index (χ2v) is 7.70. The largest absolute Gasteiger partial charge is 0.325 e. The van der Waals surface area contributed by atoms with E-state index in [0.717, 1.165) is 41.3 Å². The van der Waals surface area contributed by atoms with Gasteiger partial charge in [-0.25, -0.2) is 0 Å². The molecule has 4 rings (SSSR count). The molecule has 2 aliphatic carbocycles. The fourth-order valence-corrected chi connectivity index (χ4v) is 4.72. The average Bonchev–Trinajstić information content (AvgIpc) is 3.08. The van der Waals surface area contributed by atoms with E-state index in [9.17, 15) is 4.79 Å². The van der Waals surface area contributed by atoms with Crippen LogP contribution >= 0.6 is 0 Å². The molecule has 0 heterocycles. The summed E-state index contributed by atoms with van der Waals surface area (Å²) in [5, 5.41) is 5.46. The highest BCUT2D eigenvalue weighted by Gasteiger charge is 2.60. The van der Waals surface area contributed by atoms with E-state index in [1.807, 2.05) is 24.3 Å². The van der Waals surface area contributed by atoms with Crippen molar-refractivity contribution in [2.45, 2.75) is 33.1 Å². The molecule has 0 saturated heterocycles. The quantitative estimate of drug-likeness (QED) is 0.763. The van der Waals surface area contributed by atoms with Gasteiger partial charge in [-0.1, -0.05) is 62.4 Å². The van der Waals surface area contributed by atoms with Crippen molar-refractivity contribution in [3.63, 3.8) is 0 Å². The van der Waals surface area contributed by atoms with Gasteiger partial charge in [-0.3, -0.25) is 4.79 Å². The Morgan fingerprint density at radius 1 is 1.17 bits per heavy atom. The average molecular weight is 305 g/mol. The monoisotopic (exact) mass is 305 g/mol. The van der Waals surface area contributed by atoms with Gasteiger partial charge in [0.1, 0.15) is 0 Å². The van der Waals surface area contributed by atoms with Crippen molar-refractivity contribution >= 4 is 22.4 Å². The van der Waals surface area contributed by atoms with E-state index in [1.165, 1.54) is 0 Å². The molecule has 0 unspecified atom stereocenters. The Morgan fingerprint density at radius 3 is 2.65 bits per heavy atom. The molecule has 0 radical (unpaired) electrons. The Morgan fingerprint density at radius 2 is 1.91 bits per heavy atom. The number of anilines is 1. The summed E-state index contributed by atoms with van der Waals surface area (Å²) in [6, 6.07) is 14.2. The minimum absolute atomic E-state index is 0.0777. The Bertz CT molecular complexity index is 814. The molecule has 2 bridgehead atoms. The molecule has 2 aromatic rings. The number of amides is 1. The highest BCUT2D eigenvalue weighted by molar-refractivity contribution is 6.05. The minimum Gasteiger partial charge on any atom is -0.325 e. The predicted molar refractivity (Wildman–Crippen MR) is 95.3 cm³/mol. The summed E-state index contributed by atoms with van der Waals surface area (Å²) in [5.74, 6) is 0.722. The molecule has 1 amide bonds. The Hall–Kier alpha value is -2.09. The van der Waals surface area contributed by atoms with Gasteiger partial charge >= 0.3 is 0 Å². The molecule has 0 spiro atoms. The highest BCUT2D eigenvalue weighted by atomic mass is 16.2.